The Hall–Kier alpha value is -0.0500. The summed E-state index contributed by atoms with van der Waals surface area (Å²) in [5, 5.41) is 3.41. The molecule has 1 amide bonds. The van der Waals surface area contributed by atoms with Crippen molar-refractivity contribution in [2.75, 3.05) is 5.33 Å². The standard InChI is InChI=1S/C9H16BrNO/c1-7(11-9(12)6-10)8-4-2-3-5-8/h7-8H,2-6H2,1H3,(H,11,12)/t7-/m1/s1. The number of hydrogen-bond donors (Lipinski definition) is 1. The minimum atomic E-state index is 0.106. The third-order valence-electron chi connectivity index (χ3n) is 2.62. The molecule has 0 radical (unpaired) electrons. The molecule has 3 heteroatoms. The number of rotatable bonds is 3. The molecule has 70 valence electrons. The molecule has 0 spiro atoms. The molecule has 2 nitrogen and oxygen atoms in total. The number of alkyl halides is 1. The van der Waals surface area contributed by atoms with E-state index in [9.17, 15) is 4.79 Å². The van der Waals surface area contributed by atoms with Crippen LogP contribution in [-0.4, -0.2) is 17.3 Å². The molecule has 1 aliphatic rings. The van der Waals surface area contributed by atoms with Crippen LogP contribution in [0.4, 0.5) is 0 Å². The van der Waals surface area contributed by atoms with E-state index in [2.05, 4.69) is 28.2 Å². The van der Waals surface area contributed by atoms with Gasteiger partial charge in [0.05, 0.1) is 5.33 Å². The molecule has 1 atom stereocenters. The first kappa shape index (κ1) is 10.0. The Morgan fingerprint density at radius 1 is 1.58 bits per heavy atom. The Bertz CT molecular complexity index is 155. The summed E-state index contributed by atoms with van der Waals surface area (Å²) < 4.78 is 0. The van der Waals surface area contributed by atoms with Gasteiger partial charge in [-0.05, 0) is 25.7 Å². The van der Waals surface area contributed by atoms with Crippen LogP contribution in [0.5, 0.6) is 0 Å². The van der Waals surface area contributed by atoms with Crippen LogP contribution in [0.3, 0.4) is 0 Å². The summed E-state index contributed by atoms with van der Waals surface area (Å²) in [5.74, 6) is 0.822. The highest BCUT2D eigenvalue weighted by atomic mass is 79.9. The average Bonchev–Trinajstić information content (AvgIpc) is 2.56. The summed E-state index contributed by atoms with van der Waals surface area (Å²) >= 11 is 3.14. The van der Waals surface area contributed by atoms with E-state index in [1.165, 1.54) is 25.7 Å². The van der Waals surface area contributed by atoms with E-state index in [1.54, 1.807) is 0 Å². The van der Waals surface area contributed by atoms with Crippen molar-refractivity contribution < 1.29 is 4.79 Å². The second-order valence-corrected chi connectivity index (χ2v) is 4.10. The molecule has 1 fully saturated rings. The number of carbonyl (C=O) groups is 1. The fourth-order valence-corrected chi connectivity index (χ4v) is 2.03. The summed E-state index contributed by atoms with van der Waals surface area (Å²) in [6, 6.07) is 0.359. The zero-order valence-corrected chi connectivity index (χ0v) is 9.06. The SMILES string of the molecule is C[C@@H](NC(=O)CBr)C1CCCC1. The van der Waals surface area contributed by atoms with Gasteiger partial charge in [-0.15, -0.1) is 0 Å². The highest BCUT2D eigenvalue weighted by Gasteiger charge is 2.22. The summed E-state index contributed by atoms with van der Waals surface area (Å²) in [7, 11) is 0. The monoisotopic (exact) mass is 233 g/mol. The first-order valence-corrected chi connectivity index (χ1v) is 5.71. The fourth-order valence-electron chi connectivity index (χ4n) is 1.87. The number of hydrogen-bond acceptors (Lipinski definition) is 1. The Morgan fingerprint density at radius 3 is 2.67 bits per heavy atom. The van der Waals surface area contributed by atoms with Crippen LogP contribution in [0.25, 0.3) is 0 Å². The van der Waals surface area contributed by atoms with E-state index in [0.29, 0.717) is 17.3 Å². The molecule has 1 aliphatic carbocycles. The van der Waals surface area contributed by atoms with Gasteiger partial charge in [0.25, 0.3) is 0 Å². The maximum absolute atomic E-state index is 11.0. The lowest BCUT2D eigenvalue weighted by Gasteiger charge is -2.19. The van der Waals surface area contributed by atoms with Gasteiger partial charge >= 0.3 is 0 Å². The first-order chi connectivity index (χ1) is 5.74. The minimum Gasteiger partial charge on any atom is -0.353 e. The molecule has 1 rings (SSSR count). The van der Waals surface area contributed by atoms with Crippen molar-refractivity contribution in [1.29, 1.82) is 0 Å². The highest BCUT2D eigenvalue weighted by Crippen LogP contribution is 2.27. The van der Waals surface area contributed by atoms with E-state index in [4.69, 9.17) is 0 Å². The number of halogens is 1. The van der Waals surface area contributed by atoms with Gasteiger partial charge in [0.15, 0.2) is 0 Å². The predicted molar refractivity (Wildman–Crippen MR) is 53.4 cm³/mol. The molecule has 0 aromatic rings. The van der Waals surface area contributed by atoms with Crippen LogP contribution in [0.15, 0.2) is 0 Å². The Balaban J connectivity index is 2.26. The number of amides is 1. The maximum Gasteiger partial charge on any atom is 0.230 e. The van der Waals surface area contributed by atoms with Crippen molar-refractivity contribution in [2.24, 2.45) is 5.92 Å². The van der Waals surface area contributed by atoms with E-state index >= 15 is 0 Å². The lowest BCUT2D eigenvalue weighted by atomic mass is 10.00. The predicted octanol–water partition coefficient (Wildman–Crippen LogP) is 2.08. The molecule has 0 bridgehead atoms. The van der Waals surface area contributed by atoms with Gasteiger partial charge in [-0.2, -0.15) is 0 Å². The van der Waals surface area contributed by atoms with E-state index in [-0.39, 0.29) is 5.91 Å². The fraction of sp³-hybridized carbons (Fsp3) is 0.889. The molecule has 1 saturated carbocycles. The van der Waals surface area contributed by atoms with Crippen molar-refractivity contribution in [3.05, 3.63) is 0 Å². The van der Waals surface area contributed by atoms with Gasteiger partial charge in [-0.3, -0.25) is 4.79 Å². The second-order valence-electron chi connectivity index (χ2n) is 3.53. The highest BCUT2D eigenvalue weighted by molar-refractivity contribution is 9.09. The molecule has 0 aromatic carbocycles. The van der Waals surface area contributed by atoms with Crippen molar-refractivity contribution >= 4 is 21.8 Å². The summed E-state index contributed by atoms with van der Waals surface area (Å²) in [6.07, 6.45) is 5.23. The van der Waals surface area contributed by atoms with Crippen LogP contribution in [0, 0.1) is 5.92 Å². The van der Waals surface area contributed by atoms with Crippen LogP contribution < -0.4 is 5.32 Å². The molecule has 0 heterocycles. The lowest BCUT2D eigenvalue weighted by Crippen LogP contribution is -2.37. The largest absolute Gasteiger partial charge is 0.353 e. The maximum atomic E-state index is 11.0. The molecular weight excluding hydrogens is 218 g/mol. The van der Waals surface area contributed by atoms with Crippen molar-refractivity contribution in [3.63, 3.8) is 0 Å². The summed E-state index contributed by atoms with van der Waals surface area (Å²) in [6.45, 7) is 2.11. The smallest absolute Gasteiger partial charge is 0.230 e. The zero-order valence-electron chi connectivity index (χ0n) is 7.48. The Morgan fingerprint density at radius 2 is 2.17 bits per heavy atom. The minimum absolute atomic E-state index is 0.106. The molecule has 0 saturated heterocycles. The Kier molecular flexibility index (Phi) is 4.06. The van der Waals surface area contributed by atoms with Gasteiger partial charge < -0.3 is 5.32 Å². The average molecular weight is 234 g/mol. The first-order valence-electron chi connectivity index (χ1n) is 4.59. The van der Waals surface area contributed by atoms with Gasteiger partial charge in [0.2, 0.25) is 5.91 Å². The second kappa shape index (κ2) is 4.85. The van der Waals surface area contributed by atoms with E-state index in [1.807, 2.05) is 0 Å². The van der Waals surface area contributed by atoms with Crippen LogP contribution in [0.1, 0.15) is 32.6 Å². The lowest BCUT2D eigenvalue weighted by molar-refractivity contribution is -0.119. The molecule has 0 unspecified atom stereocenters. The van der Waals surface area contributed by atoms with Crippen LogP contribution in [0.2, 0.25) is 0 Å². The van der Waals surface area contributed by atoms with Crippen molar-refractivity contribution in [3.8, 4) is 0 Å². The molecular formula is C9H16BrNO. The topological polar surface area (TPSA) is 29.1 Å². The van der Waals surface area contributed by atoms with Gasteiger partial charge in [0.1, 0.15) is 0 Å². The third-order valence-corrected chi connectivity index (χ3v) is 3.13. The molecule has 12 heavy (non-hydrogen) atoms. The normalized spacial score (nSPS) is 20.8. The zero-order chi connectivity index (χ0) is 8.97. The number of carbonyl (C=O) groups excluding carboxylic acids is 1. The van der Waals surface area contributed by atoms with E-state index in [0.717, 1.165) is 0 Å². The van der Waals surface area contributed by atoms with Crippen molar-refractivity contribution in [1.82, 2.24) is 5.32 Å². The molecule has 1 N–H and O–H groups in total. The van der Waals surface area contributed by atoms with Crippen LogP contribution in [-0.2, 0) is 4.79 Å². The quantitative estimate of drug-likeness (QED) is 0.744. The van der Waals surface area contributed by atoms with Crippen LogP contribution >= 0.6 is 15.9 Å². The number of nitrogens with one attached hydrogen (secondary N) is 1. The molecule has 0 aliphatic heterocycles. The van der Waals surface area contributed by atoms with Gasteiger partial charge in [-0.25, -0.2) is 0 Å². The third kappa shape index (κ3) is 2.77. The summed E-state index contributed by atoms with van der Waals surface area (Å²) in [4.78, 5) is 11.0. The van der Waals surface area contributed by atoms with E-state index < -0.39 is 0 Å². The van der Waals surface area contributed by atoms with Gasteiger partial charge in [-0.1, -0.05) is 28.8 Å². The molecule has 0 aromatic heterocycles. The van der Waals surface area contributed by atoms with Crippen molar-refractivity contribution in [2.45, 2.75) is 38.6 Å². The van der Waals surface area contributed by atoms with Gasteiger partial charge in [0, 0.05) is 6.04 Å². The Labute approximate surface area is 82.2 Å². The summed E-state index contributed by atoms with van der Waals surface area (Å²) in [5.41, 5.74) is 0.